The summed E-state index contributed by atoms with van der Waals surface area (Å²) in [6.07, 6.45) is 15.9. The quantitative estimate of drug-likeness (QED) is 0.571. The zero-order valence-corrected chi connectivity index (χ0v) is 15.1. The molecule has 0 amide bonds. The minimum absolute atomic E-state index is 0. The molecule has 0 fully saturated rings. The Labute approximate surface area is 135 Å². The third-order valence-electron chi connectivity index (χ3n) is 3.30. The summed E-state index contributed by atoms with van der Waals surface area (Å²) in [5.74, 6) is 0. The molecule has 2 rings (SSSR count). The Morgan fingerprint density at radius 1 is 1.06 bits per heavy atom. The normalized spacial score (nSPS) is 16.8. The summed E-state index contributed by atoms with van der Waals surface area (Å²) in [4.78, 5) is 0. The van der Waals surface area contributed by atoms with Gasteiger partial charge in [-0.15, -0.1) is 0 Å². The van der Waals surface area contributed by atoms with Crippen LogP contribution in [0.5, 0.6) is 0 Å². The first-order chi connectivity index (χ1) is 7.81. The zero-order valence-electron chi connectivity index (χ0n) is 11.1. The van der Waals surface area contributed by atoms with E-state index in [0.717, 1.165) is 0 Å². The van der Waals surface area contributed by atoms with E-state index in [1.807, 2.05) is 3.28 Å². The Balaban J connectivity index is 0.00000144. The molecule has 0 atom stereocenters. The maximum absolute atomic E-state index is 2.39. The number of hydrogen-bond donors (Lipinski definition) is 0. The van der Waals surface area contributed by atoms with Crippen molar-refractivity contribution in [3.8, 4) is 0 Å². The van der Waals surface area contributed by atoms with Crippen LogP contribution in [0.2, 0.25) is 0 Å². The Kier molecular flexibility index (Phi) is 9.57. The molecule has 0 saturated heterocycles. The van der Waals surface area contributed by atoms with Crippen molar-refractivity contribution in [2.24, 2.45) is 0 Å². The topological polar surface area (TPSA) is 0 Å². The second-order valence-electron chi connectivity index (χ2n) is 4.61. The molecule has 0 saturated carbocycles. The first-order valence-corrected chi connectivity index (χ1v) is 8.79. The summed E-state index contributed by atoms with van der Waals surface area (Å²) in [5, 5.41) is 0. The second-order valence-corrected chi connectivity index (χ2v) is 8.19. The van der Waals surface area contributed by atoms with Gasteiger partial charge in [-0.05, 0) is 0 Å². The van der Waals surface area contributed by atoms with Gasteiger partial charge < -0.3 is 24.8 Å². The van der Waals surface area contributed by atoms with Crippen molar-refractivity contribution < 1.29 is 48.0 Å². The fourth-order valence-electron chi connectivity index (χ4n) is 2.23. The van der Waals surface area contributed by atoms with Gasteiger partial charge in [-0.3, -0.25) is 0 Å². The summed E-state index contributed by atoms with van der Waals surface area (Å²) in [5.41, 5.74) is 3.27. The van der Waals surface area contributed by atoms with Crippen molar-refractivity contribution >= 4 is 0 Å². The molecule has 0 unspecified atom stereocenters. The minimum Gasteiger partial charge on any atom is -1.00 e. The molecule has 0 aliphatic heterocycles. The molecule has 2 aliphatic rings. The van der Waals surface area contributed by atoms with Crippen LogP contribution in [0, 0.1) is 0 Å². The molecular formula is C15H20Cl2Zr. The molecule has 98 valence electrons. The first kappa shape index (κ1) is 18.4. The van der Waals surface area contributed by atoms with Crippen molar-refractivity contribution in [1.29, 1.82) is 0 Å². The number of rotatable bonds is 5. The first-order valence-electron chi connectivity index (χ1n) is 6.33. The molecule has 0 spiro atoms. The molecular weight excluding hydrogens is 342 g/mol. The van der Waals surface area contributed by atoms with Crippen LogP contribution in [0.1, 0.15) is 46.0 Å². The summed E-state index contributed by atoms with van der Waals surface area (Å²) in [6, 6.07) is 0. The fraction of sp³-hybridized carbons (Fsp3) is 0.467. The molecule has 0 N–H and O–H groups in total. The van der Waals surface area contributed by atoms with Crippen LogP contribution < -0.4 is 24.8 Å². The van der Waals surface area contributed by atoms with Gasteiger partial charge >= 0.3 is 111 Å². The Bertz CT molecular complexity index is 389. The second kappa shape index (κ2) is 9.35. The van der Waals surface area contributed by atoms with E-state index in [1.54, 1.807) is 14.4 Å². The summed E-state index contributed by atoms with van der Waals surface area (Å²) in [6.45, 7) is 4.57. The number of unbranched alkanes of at least 4 members (excludes halogenated alkanes) is 1. The van der Waals surface area contributed by atoms with Crippen molar-refractivity contribution in [2.45, 2.75) is 46.0 Å². The third-order valence-corrected chi connectivity index (χ3v) is 7.54. The molecule has 0 bridgehead atoms. The van der Waals surface area contributed by atoms with Crippen LogP contribution >= 0.6 is 0 Å². The maximum atomic E-state index is 2.39. The standard InChI is InChI=1S/C9H13.C6H7.2ClH.Zr/c1-2-3-6-9-7-4-5-8-9;1-6-4-2-3-5-6;;;/h4,7H,2-3,5-6H2,1H3;2,4H,3H2,1H3;2*1H;/q;;;;+2/p-2. The van der Waals surface area contributed by atoms with E-state index in [-0.39, 0.29) is 24.8 Å². The predicted molar refractivity (Wildman–Crippen MR) is 66.8 cm³/mol. The molecule has 3 heteroatoms. The van der Waals surface area contributed by atoms with Crippen LogP contribution in [-0.4, -0.2) is 0 Å². The smallest absolute Gasteiger partial charge is 1.00 e. The number of hydrogen-bond acceptors (Lipinski definition) is 0. The average molecular weight is 362 g/mol. The van der Waals surface area contributed by atoms with Gasteiger partial charge in [-0.25, -0.2) is 0 Å². The fourth-order valence-corrected chi connectivity index (χ4v) is 5.80. The summed E-state index contributed by atoms with van der Waals surface area (Å²) >= 11 is -0.424. The van der Waals surface area contributed by atoms with E-state index >= 15 is 0 Å². The molecule has 18 heavy (non-hydrogen) atoms. The third kappa shape index (κ3) is 4.84. The molecule has 0 aromatic carbocycles. The van der Waals surface area contributed by atoms with E-state index in [4.69, 9.17) is 0 Å². The Morgan fingerprint density at radius 2 is 1.72 bits per heavy atom. The Morgan fingerprint density at radius 3 is 2.33 bits per heavy atom. The maximum Gasteiger partial charge on any atom is -1.00 e. The van der Waals surface area contributed by atoms with Gasteiger partial charge in [0.15, 0.2) is 0 Å². The Hall–Kier alpha value is 0.423. The van der Waals surface area contributed by atoms with E-state index in [0.29, 0.717) is 0 Å². The van der Waals surface area contributed by atoms with E-state index < -0.39 is 23.2 Å². The van der Waals surface area contributed by atoms with E-state index in [9.17, 15) is 0 Å². The van der Waals surface area contributed by atoms with Crippen molar-refractivity contribution in [1.82, 2.24) is 0 Å². The van der Waals surface area contributed by atoms with Crippen molar-refractivity contribution in [2.75, 3.05) is 0 Å². The molecule has 0 heterocycles. The van der Waals surface area contributed by atoms with Crippen LogP contribution in [0.25, 0.3) is 0 Å². The van der Waals surface area contributed by atoms with Gasteiger partial charge in [0.1, 0.15) is 0 Å². The van der Waals surface area contributed by atoms with Gasteiger partial charge in [0.25, 0.3) is 0 Å². The van der Waals surface area contributed by atoms with Crippen LogP contribution in [0.3, 0.4) is 0 Å². The van der Waals surface area contributed by atoms with Gasteiger partial charge in [0.05, 0.1) is 0 Å². The molecule has 0 aromatic rings. The largest absolute Gasteiger partial charge is 1.00 e. The van der Waals surface area contributed by atoms with Gasteiger partial charge in [0, 0.05) is 0 Å². The summed E-state index contributed by atoms with van der Waals surface area (Å²) in [7, 11) is 0. The molecule has 0 nitrogen and oxygen atoms in total. The van der Waals surface area contributed by atoms with Gasteiger partial charge in [-0.1, -0.05) is 0 Å². The van der Waals surface area contributed by atoms with Gasteiger partial charge in [-0.2, -0.15) is 0 Å². The molecule has 2 aliphatic carbocycles. The van der Waals surface area contributed by atoms with Crippen molar-refractivity contribution in [3.63, 3.8) is 0 Å². The average Bonchev–Trinajstić information content (AvgIpc) is 2.87. The minimum atomic E-state index is -0.424. The van der Waals surface area contributed by atoms with Crippen LogP contribution in [0.4, 0.5) is 0 Å². The molecule has 0 radical (unpaired) electrons. The molecule has 0 aromatic heterocycles. The SMILES string of the molecule is CCCCC1=[C]([Zr+2][C]2=C(C)C=CC2)CC=C1.[Cl-].[Cl-]. The summed E-state index contributed by atoms with van der Waals surface area (Å²) < 4.78 is 3.64. The monoisotopic (exact) mass is 360 g/mol. The number of allylic oxidation sites excluding steroid dienone is 8. The van der Waals surface area contributed by atoms with Gasteiger partial charge in [0.2, 0.25) is 0 Å². The predicted octanol–water partition coefficient (Wildman–Crippen LogP) is -1.28. The van der Waals surface area contributed by atoms with Crippen molar-refractivity contribution in [3.05, 3.63) is 42.0 Å². The number of halogens is 2. The zero-order chi connectivity index (χ0) is 11.4. The van der Waals surface area contributed by atoms with Crippen LogP contribution in [0.15, 0.2) is 42.0 Å². The van der Waals surface area contributed by atoms with Crippen LogP contribution in [-0.2, 0) is 23.2 Å². The van der Waals surface area contributed by atoms with E-state index in [2.05, 4.69) is 38.2 Å². The van der Waals surface area contributed by atoms with E-state index in [1.165, 1.54) is 32.1 Å².